The summed E-state index contributed by atoms with van der Waals surface area (Å²) in [7, 11) is 0. The average molecular weight is 366 g/mol. The lowest BCUT2D eigenvalue weighted by Gasteiger charge is -2.36. The Morgan fingerprint density at radius 1 is 1.22 bits per heavy atom. The predicted octanol–water partition coefficient (Wildman–Crippen LogP) is 2.85. The van der Waals surface area contributed by atoms with Gasteiger partial charge in [0, 0.05) is 30.1 Å². The lowest BCUT2D eigenvalue weighted by molar-refractivity contribution is -0.124. The van der Waals surface area contributed by atoms with Crippen LogP contribution in [0, 0.1) is 5.41 Å². The molecule has 0 aliphatic heterocycles. The number of nitrogens with one attached hydrogen (secondary N) is 2. The molecular weight excluding hydrogens is 340 g/mol. The first-order valence-corrected chi connectivity index (χ1v) is 9.77. The van der Waals surface area contributed by atoms with E-state index in [1.807, 2.05) is 18.3 Å². The molecule has 1 amide bonds. The van der Waals surface area contributed by atoms with E-state index in [0.717, 1.165) is 31.3 Å². The fourth-order valence-corrected chi connectivity index (χ4v) is 4.37. The maximum Gasteiger partial charge on any atom is 0.220 e. The first-order valence-electron chi connectivity index (χ1n) is 9.77. The molecule has 2 heterocycles. The minimum absolute atomic E-state index is 0.0293. The van der Waals surface area contributed by atoms with Crippen LogP contribution in [0.25, 0.3) is 10.9 Å². The second-order valence-electron chi connectivity index (χ2n) is 7.70. The topological polar surface area (TPSA) is 88.5 Å². The summed E-state index contributed by atoms with van der Waals surface area (Å²) >= 11 is 0. The summed E-state index contributed by atoms with van der Waals surface area (Å²) < 4.78 is 1.77. The van der Waals surface area contributed by atoms with Crippen LogP contribution in [-0.4, -0.2) is 37.6 Å². The van der Waals surface area contributed by atoms with Crippen LogP contribution in [0.2, 0.25) is 0 Å². The van der Waals surface area contributed by atoms with Crippen LogP contribution < -0.4 is 5.32 Å². The van der Waals surface area contributed by atoms with Crippen LogP contribution in [0.5, 0.6) is 0 Å². The molecule has 1 saturated carbocycles. The Morgan fingerprint density at radius 3 is 2.89 bits per heavy atom. The number of benzene rings is 1. The number of rotatable bonds is 7. The van der Waals surface area contributed by atoms with Crippen LogP contribution in [0.15, 0.2) is 36.8 Å². The highest BCUT2D eigenvalue weighted by atomic mass is 16.1. The van der Waals surface area contributed by atoms with Gasteiger partial charge in [-0.05, 0) is 46.7 Å². The summed E-state index contributed by atoms with van der Waals surface area (Å²) in [5.41, 5.74) is 2.35. The Labute approximate surface area is 158 Å². The van der Waals surface area contributed by atoms with Gasteiger partial charge in [0.05, 0.1) is 6.54 Å². The summed E-state index contributed by atoms with van der Waals surface area (Å²) in [4.78, 5) is 15.9. The molecule has 1 aromatic carbocycles. The summed E-state index contributed by atoms with van der Waals surface area (Å²) in [6.07, 6.45) is 10.8. The Balaban J connectivity index is 1.34. The van der Waals surface area contributed by atoms with Crippen LogP contribution in [0.1, 0.15) is 44.1 Å². The van der Waals surface area contributed by atoms with Gasteiger partial charge in [-0.3, -0.25) is 4.79 Å². The Morgan fingerprint density at radius 2 is 2.07 bits per heavy atom. The van der Waals surface area contributed by atoms with Crippen LogP contribution in [0.4, 0.5) is 0 Å². The average Bonchev–Trinajstić information content (AvgIpc) is 3.32. The van der Waals surface area contributed by atoms with Crippen molar-refractivity contribution < 1.29 is 4.79 Å². The number of hydrogen-bond acceptors (Lipinski definition) is 4. The van der Waals surface area contributed by atoms with E-state index in [0.29, 0.717) is 13.0 Å². The quantitative estimate of drug-likeness (QED) is 0.673. The molecule has 1 aliphatic rings. The molecule has 0 atom stereocenters. The van der Waals surface area contributed by atoms with Gasteiger partial charge >= 0.3 is 0 Å². The number of amides is 1. The third kappa shape index (κ3) is 4.18. The molecule has 1 aliphatic carbocycles. The molecule has 27 heavy (non-hydrogen) atoms. The molecule has 0 spiro atoms. The van der Waals surface area contributed by atoms with E-state index in [1.165, 1.54) is 30.2 Å². The molecule has 0 saturated heterocycles. The SMILES string of the molecule is O=C(CC1(Cn2cnnn2)CCCCC1)NCCc1c[nH]c2ccccc12. The number of fused-ring (bicyclic) bond motifs is 1. The Hall–Kier alpha value is -2.70. The lowest BCUT2D eigenvalue weighted by Crippen LogP contribution is -2.37. The normalized spacial score (nSPS) is 16.4. The highest BCUT2D eigenvalue weighted by Crippen LogP contribution is 2.40. The number of H-pyrrole nitrogens is 1. The van der Waals surface area contributed by atoms with Crippen molar-refractivity contribution in [3.8, 4) is 0 Å². The molecular formula is C20H26N6O. The van der Waals surface area contributed by atoms with Crippen LogP contribution >= 0.6 is 0 Å². The standard InChI is InChI=1S/C20H26N6O/c27-19(21-11-8-16-13-22-18-7-3-2-6-17(16)18)12-20(9-4-1-5-10-20)14-26-15-23-24-25-26/h2-3,6-7,13,15,22H,1,4-5,8-12,14H2,(H,21,27). The highest BCUT2D eigenvalue weighted by molar-refractivity contribution is 5.83. The summed E-state index contributed by atoms with van der Waals surface area (Å²) in [5, 5.41) is 15.8. The molecule has 7 nitrogen and oxygen atoms in total. The number of carbonyl (C=O) groups is 1. The number of carbonyl (C=O) groups excluding carboxylic acids is 1. The number of aromatic nitrogens is 5. The predicted molar refractivity (Wildman–Crippen MR) is 103 cm³/mol. The van der Waals surface area contributed by atoms with Crippen LogP contribution in [-0.2, 0) is 17.8 Å². The minimum Gasteiger partial charge on any atom is -0.361 e. The molecule has 0 bridgehead atoms. The van der Waals surface area contributed by atoms with Gasteiger partial charge < -0.3 is 10.3 Å². The smallest absolute Gasteiger partial charge is 0.220 e. The van der Waals surface area contributed by atoms with Crippen molar-refractivity contribution in [1.82, 2.24) is 30.5 Å². The van der Waals surface area contributed by atoms with E-state index in [-0.39, 0.29) is 11.3 Å². The van der Waals surface area contributed by atoms with E-state index in [1.54, 1.807) is 11.0 Å². The van der Waals surface area contributed by atoms with Crippen LogP contribution in [0.3, 0.4) is 0 Å². The number of para-hydroxylation sites is 1. The minimum atomic E-state index is -0.0293. The first-order chi connectivity index (χ1) is 13.2. The van der Waals surface area contributed by atoms with E-state index in [9.17, 15) is 4.79 Å². The molecule has 3 aromatic rings. The second-order valence-corrected chi connectivity index (χ2v) is 7.70. The maximum atomic E-state index is 12.7. The maximum absolute atomic E-state index is 12.7. The van der Waals surface area contributed by atoms with Gasteiger partial charge in [0.2, 0.25) is 5.91 Å². The van der Waals surface area contributed by atoms with Crippen molar-refractivity contribution in [1.29, 1.82) is 0 Å². The molecule has 0 radical (unpaired) electrons. The summed E-state index contributed by atoms with van der Waals surface area (Å²) in [6.45, 7) is 1.37. The second kappa shape index (κ2) is 7.90. The van der Waals surface area contributed by atoms with E-state index < -0.39 is 0 Å². The van der Waals surface area contributed by atoms with E-state index in [4.69, 9.17) is 0 Å². The van der Waals surface area contributed by atoms with E-state index >= 15 is 0 Å². The fraction of sp³-hybridized carbons (Fsp3) is 0.500. The third-order valence-corrected chi connectivity index (χ3v) is 5.73. The molecule has 0 unspecified atom stereocenters. The van der Waals surface area contributed by atoms with Gasteiger partial charge in [0.1, 0.15) is 6.33 Å². The van der Waals surface area contributed by atoms with Gasteiger partial charge in [-0.25, -0.2) is 4.68 Å². The number of aromatic amines is 1. The van der Waals surface area contributed by atoms with Gasteiger partial charge in [-0.1, -0.05) is 37.5 Å². The third-order valence-electron chi connectivity index (χ3n) is 5.73. The zero-order chi connectivity index (χ0) is 18.5. The molecule has 4 rings (SSSR count). The molecule has 7 heteroatoms. The highest BCUT2D eigenvalue weighted by Gasteiger charge is 2.35. The van der Waals surface area contributed by atoms with Crippen molar-refractivity contribution in [2.24, 2.45) is 5.41 Å². The zero-order valence-corrected chi connectivity index (χ0v) is 15.5. The molecule has 1 fully saturated rings. The zero-order valence-electron chi connectivity index (χ0n) is 15.5. The van der Waals surface area contributed by atoms with Gasteiger partial charge in [0.25, 0.3) is 0 Å². The number of nitrogens with zero attached hydrogens (tertiary/aromatic N) is 4. The molecule has 2 N–H and O–H groups in total. The van der Waals surface area contributed by atoms with Gasteiger partial charge in [-0.2, -0.15) is 0 Å². The lowest BCUT2D eigenvalue weighted by atomic mass is 9.71. The fourth-order valence-electron chi connectivity index (χ4n) is 4.37. The monoisotopic (exact) mass is 366 g/mol. The number of tetrazole rings is 1. The summed E-state index contributed by atoms with van der Waals surface area (Å²) in [5.74, 6) is 0.129. The van der Waals surface area contributed by atoms with Crippen molar-refractivity contribution in [2.75, 3.05) is 6.54 Å². The van der Waals surface area contributed by atoms with Gasteiger partial charge in [-0.15, -0.1) is 5.10 Å². The van der Waals surface area contributed by atoms with Crippen molar-refractivity contribution in [2.45, 2.75) is 51.5 Å². The first kappa shape index (κ1) is 17.7. The Bertz CT molecular complexity index is 879. The van der Waals surface area contributed by atoms with Crippen molar-refractivity contribution in [3.63, 3.8) is 0 Å². The largest absolute Gasteiger partial charge is 0.361 e. The van der Waals surface area contributed by atoms with Crippen molar-refractivity contribution in [3.05, 3.63) is 42.4 Å². The molecule has 142 valence electrons. The molecule has 2 aromatic heterocycles. The number of hydrogen-bond donors (Lipinski definition) is 2. The Kier molecular flexibility index (Phi) is 5.18. The van der Waals surface area contributed by atoms with E-state index in [2.05, 4.69) is 38.0 Å². The summed E-state index contributed by atoms with van der Waals surface area (Å²) in [6, 6.07) is 8.26. The van der Waals surface area contributed by atoms with Gasteiger partial charge in [0.15, 0.2) is 0 Å². The van der Waals surface area contributed by atoms with Crippen molar-refractivity contribution >= 4 is 16.8 Å².